The van der Waals surface area contributed by atoms with E-state index >= 15 is 0 Å². The van der Waals surface area contributed by atoms with E-state index in [2.05, 4.69) is 23.2 Å². The first-order valence-electron chi connectivity index (χ1n) is 6.60. The van der Waals surface area contributed by atoms with Crippen LogP contribution in [0, 0.1) is 0 Å². The summed E-state index contributed by atoms with van der Waals surface area (Å²) in [5, 5.41) is 4.80. The van der Waals surface area contributed by atoms with Crippen LogP contribution in [0.4, 0.5) is 0 Å². The summed E-state index contributed by atoms with van der Waals surface area (Å²) < 4.78 is 0. The van der Waals surface area contributed by atoms with Gasteiger partial charge in [-0.05, 0) is 37.6 Å². The van der Waals surface area contributed by atoms with Crippen molar-refractivity contribution >= 4 is 23.2 Å². The highest BCUT2D eigenvalue weighted by atomic mass is 35.5. The smallest absolute Gasteiger partial charge is 0.0637 e. The standard InChI is InChI=1S/C14H20Cl2N2/c1-2-18(12-6-4-8-17-9-12)10-11-5-3-7-13(15)14(11)16/h3,5,7,12,17H,2,4,6,8-10H2,1H3. The molecule has 0 saturated carbocycles. The minimum absolute atomic E-state index is 0.610. The van der Waals surface area contributed by atoms with E-state index in [-0.39, 0.29) is 0 Å². The van der Waals surface area contributed by atoms with Crippen LogP contribution in [-0.4, -0.2) is 30.6 Å². The van der Waals surface area contributed by atoms with Crippen LogP contribution >= 0.6 is 23.2 Å². The molecular weight excluding hydrogens is 267 g/mol. The maximum atomic E-state index is 6.26. The Hall–Kier alpha value is -0.280. The minimum atomic E-state index is 0.610. The summed E-state index contributed by atoms with van der Waals surface area (Å²) in [4.78, 5) is 2.48. The van der Waals surface area contributed by atoms with Crippen LogP contribution in [0.15, 0.2) is 18.2 Å². The van der Waals surface area contributed by atoms with Gasteiger partial charge in [0.25, 0.3) is 0 Å². The van der Waals surface area contributed by atoms with E-state index < -0.39 is 0 Å². The Labute approximate surface area is 119 Å². The van der Waals surface area contributed by atoms with Crippen molar-refractivity contribution in [2.75, 3.05) is 19.6 Å². The van der Waals surface area contributed by atoms with Crippen LogP contribution in [0.5, 0.6) is 0 Å². The summed E-state index contributed by atoms with van der Waals surface area (Å²) in [6.45, 7) is 6.34. The Bertz CT molecular complexity index is 389. The van der Waals surface area contributed by atoms with Crippen LogP contribution < -0.4 is 5.32 Å². The first-order chi connectivity index (χ1) is 8.72. The third-order valence-corrected chi connectivity index (χ3v) is 4.46. The van der Waals surface area contributed by atoms with Gasteiger partial charge >= 0.3 is 0 Å². The molecule has 1 unspecified atom stereocenters. The average Bonchev–Trinajstić information content (AvgIpc) is 2.41. The Balaban J connectivity index is 2.07. The summed E-state index contributed by atoms with van der Waals surface area (Å²) in [6.07, 6.45) is 2.52. The molecule has 1 aromatic carbocycles. The Morgan fingerprint density at radius 2 is 2.22 bits per heavy atom. The largest absolute Gasteiger partial charge is 0.315 e. The molecule has 0 radical (unpaired) electrons. The molecule has 1 atom stereocenters. The summed E-state index contributed by atoms with van der Waals surface area (Å²) >= 11 is 12.3. The average molecular weight is 287 g/mol. The number of nitrogens with zero attached hydrogens (tertiary/aromatic N) is 1. The SMILES string of the molecule is CCN(Cc1cccc(Cl)c1Cl)C1CCCNC1. The lowest BCUT2D eigenvalue weighted by Crippen LogP contribution is -2.45. The number of hydrogen-bond acceptors (Lipinski definition) is 2. The van der Waals surface area contributed by atoms with Gasteiger partial charge in [-0.15, -0.1) is 0 Å². The zero-order valence-electron chi connectivity index (χ0n) is 10.8. The lowest BCUT2D eigenvalue weighted by Gasteiger charge is -2.34. The van der Waals surface area contributed by atoms with Gasteiger partial charge in [0.2, 0.25) is 0 Å². The van der Waals surface area contributed by atoms with E-state index in [1.807, 2.05) is 12.1 Å². The lowest BCUT2D eigenvalue weighted by atomic mass is 10.0. The third kappa shape index (κ3) is 3.39. The van der Waals surface area contributed by atoms with Gasteiger partial charge in [0.1, 0.15) is 0 Å². The normalized spacial score (nSPS) is 20.3. The lowest BCUT2D eigenvalue weighted by molar-refractivity contribution is 0.166. The predicted octanol–water partition coefficient (Wildman–Crippen LogP) is 3.57. The van der Waals surface area contributed by atoms with Crippen LogP contribution in [-0.2, 0) is 6.54 Å². The summed E-state index contributed by atoms with van der Waals surface area (Å²) in [7, 11) is 0. The first-order valence-corrected chi connectivity index (χ1v) is 7.35. The second kappa shape index (κ2) is 6.76. The topological polar surface area (TPSA) is 15.3 Å². The molecule has 1 aliphatic heterocycles. The molecule has 1 N–H and O–H groups in total. The van der Waals surface area contributed by atoms with E-state index in [1.165, 1.54) is 12.8 Å². The fourth-order valence-electron chi connectivity index (χ4n) is 2.53. The molecule has 4 heteroatoms. The second-order valence-electron chi connectivity index (χ2n) is 4.78. The zero-order chi connectivity index (χ0) is 13.0. The molecule has 18 heavy (non-hydrogen) atoms. The minimum Gasteiger partial charge on any atom is -0.315 e. The fourth-order valence-corrected chi connectivity index (χ4v) is 2.91. The molecule has 2 rings (SSSR count). The second-order valence-corrected chi connectivity index (χ2v) is 5.56. The molecule has 0 spiro atoms. The number of hydrogen-bond donors (Lipinski definition) is 1. The molecule has 2 nitrogen and oxygen atoms in total. The molecule has 1 saturated heterocycles. The van der Waals surface area contributed by atoms with Crippen LogP contribution in [0.2, 0.25) is 10.0 Å². The Morgan fingerprint density at radius 1 is 1.39 bits per heavy atom. The quantitative estimate of drug-likeness (QED) is 0.910. The van der Waals surface area contributed by atoms with E-state index in [0.29, 0.717) is 16.1 Å². The molecule has 1 heterocycles. The molecule has 1 fully saturated rings. The number of piperidine rings is 1. The van der Waals surface area contributed by atoms with Crippen molar-refractivity contribution in [3.05, 3.63) is 33.8 Å². The zero-order valence-corrected chi connectivity index (χ0v) is 12.3. The van der Waals surface area contributed by atoms with E-state index in [9.17, 15) is 0 Å². The van der Waals surface area contributed by atoms with Gasteiger partial charge in [-0.25, -0.2) is 0 Å². The van der Waals surface area contributed by atoms with E-state index in [0.717, 1.165) is 31.7 Å². The molecule has 100 valence electrons. The highest BCUT2D eigenvalue weighted by Crippen LogP contribution is 2.27. The Kier molecular flexibility index (Phi) is 5.31. The third-order valence-electron chi connectivity index (χ3n) is 3.60. The van der Waals surface area contributed by atoms with Gasteiger partial charge in [0.15, 0.2) is 0 Å². The Morgan fingerprint density at radius 3 is 2.89 bits per heavy atom. The van der Waals surface area contributed by atoms with Crippen molar-refractivity contribution < 1.29 is 0 Å². The first kappa shape index (κ1) is 14.1. The summed E-state index contributed by atoms with van der Waals surface area (Å²) in [5.74, 6) is 0. The van der Waals surface area contributed by atoms with Gasteiger partial charge in [-0.3, -0.25) is 4.90 Å². The van der Waals surface area contributed by atoms with Gasteiger partial charge in [0, 0.05) is 19.1 Å². The van der Waals surface area contributed by atoms with Crippen molar-refractivity contribution in [2.45, 2.75) is 32.4 Å². The monoisotopic (exact) mass is 286 g/mol. The van der Waals surface area contributed by atoms with Crippen LogP contribution in [0.25, 0.3) is 0 Å². The maximum Gasteiger partial charge on any atom is 0.0637 e. The van der Waals surface area contributed by atoms with Crippen LogP contribution in [0.3, 0.4) is 0 Å². The number of likely N-dealkylation sites (N-methyl/N-ethyl adjacent to an activating group) is 1. The molecule has 1 aliphatic rings. The van der Waals surface area contributed by atoms with Crippen molar-refractivity contribution in [3.63, 3.8) is 0 Å². The molecule has 0 amide bonds. The molecule has 0 aromatic heterocycles. The maximum absolute atomic E-state index is 6.26. The summed E-state index contributed by atoms with van der Waals surface area (Å²) in [6, 6.07) is 6.48. The van der Waals surface area contributed by atoms with Gasteiger partial charge in [-0.1, -0.05) is 42.3 Å². The number of benzene rings is 1. The highest BCUT2D eigenvalue weighted by molar-refractivity contribution is 6.42. The van der Waals surface area contributed by atoms with Crippen molar-refractivity contribution in [3.8, 4) is 0 Å². The van der Waals surface area contributed by atoms with E-state index in [1.54, 1.807) is 0 Å². The molecule has 0 aliphatic carbocycles. The van der Waals surface area contributed by atoms with Crippen molar-refractivity contribution in [2.24, 2.45) is 0 Å². The molecule has 1 aromatic rings. The van der Waals surface area contributed by atoms with Gasteiger partial charge < -0.3 is 5.32 Å². The predicted molar refractivity (Wildman–Crippen MR) is 78.4 cm³/mol. The van der Waals surface area contributed by atoms with Gasteiger partial charge in [-0.2, -0.15) is 0 Å². The van der Waals surface area contributed by atoms with Gasteiger partial charge in [0.05, 0.1) is 10.0 Å². The molecule has 0 bridgehead atoms. The van der Waals surface area contributed by atoms with Crippen molar-refractivity contribution in [1.29, 1.82) is 0 Å². The number of nitrogens with one attached hydrogen (secondary N) is 1. The highest BCUT2D eigenvalue weighted by Gasteiger charge is 2.20. The molecular formula is C14H20Cl2N2. The fraction of sp³-hybridized carbons (Fsp3) is 0.571. The number of halogens is 2. The summed E-state index contributed by atoms with van der Waals surface area (Å²) in [5.41, 5.74) is 1.12. The van der Waals surface area contributed by atoms with E-state index in [4.69, 9.17) is 23.2 Å². The number of rotatable bonds is 4. The van der Waals surface area contributed by atoms with Crippen LogP contribution in [0.1, 0.15) is 25.3 Å². The van der Waals surface area contributed by atoms with Crippen molar-refractivity contribution in [1.82, 2.24) is 10.2 Å².